The van der Waals surface area contributed by atoms with Crippen LogP contribution in [0.25, 0.3) is 0 Å². The second kappa shape index (κ2) is 6.57. The Labute approximate surface area is 114 Å². The molecular weight excluding hydrogens is 240 g/mol. The number of benzene rings is 1. The maximum atomic E-state index is 12.4. The van der Waals surface area contributed by atoms with Crippen LogP contribution in [0.4, 0.5) is 0 Å². The largest absolute Gasteiger partial charge is 0.508 e. The van der Waals surface area contributed by atoms with Crippen LogP contribution >= 0.6 is 0 Å². The number of hydrogen-bond acceptors (Lipinski definition) is 3. The van der Waals surface area contributed by atoms with Gasteiger partial charge < -0.3 is 15.3 Å². The minimum absolute atomic E-state index is 0.158. The first-order valence-corrected chi connectivity index (χ1v) is 6.92. The number of carbonyl (C=O) groups is 1. The summed E-state index contributed by atoms with van der Waals surface area (Å²) in [6.07, 6.45) is 3.73. The maximum absolute atomic E-state index is 12.4. The summed E-state index contributed by atoms with van der Waals surface area (Å²) < 4.78 is 0. The van der Waals surface area contributed by atoms with Crippen molar-refractivity contribution in [3.8, 4) is 5.75 Å². The average Bonchev–Trinajstić information content (AvgIpc) is 2.39. The normalized spacial score (nSPS) is 19.4. The van der Waals surface area contributed by atoms with E-state index in [9.17, 15) is 9.90 Å². The van der Waals surface area contributed by atoms with Crippen LogP contribution < -0.4 is 5.32 Å². The van der Waals surface area contributed by atoms with Gasteiger partial charge in [-0.1, -0.05) is 12.1 Å². The van der Waals surface area contributed by atoms with E-state index in [2.05, 4.69) is 5.32 Å². The van der Waals surface area contributed by atoms with Gasteiger partial charge >= 0.3 is 0 Å². The molecule has 1 atom stereocenters. The molecule has 1 aliphatic rings. The fraction of sp³-hybridized carbons (Fsp3) is 0.533. The second-order valence-corrected chi connectivity index (χ2v) is 5.14. The molecule has 0 aromatic heterocycles. The number of rotatable bonds is 4. The van der Waals surface area contributed by atoms with E-state index in [1.165, 1.54) is 6.42 Å². The predicted molar refractivity (Wildman–Crippen MR) is 75.1 cm³/mol. The summed E-state index contributed by atoms with van der Waals surface area (Å²) in [7, 11) is 1.92. The number of likely N-dealkylation sites (N-methyl/N-ethyl adjacent to an activating group) is 1. The van der Waals surface area contributed by atoms with Gasteiger partial charge in [0.1, 0.15) is 5.75 Å². The highest BCUT2D eigenvalue weighted by molar-refractivity contribution is 5.79. The standard InChI is InChI=1S/C15H22N2O2/c1-16-11-13-6-2-3-8-17(13)15(19)10-12-5-4-7-14(18)9-12/h4-5,7,9,13,16,18H,2-3,6,8,10-11H2,1H3. The van der Waals surface area contributed by atoms with E-state index < -0.39 is 0 Å². The zero-order chi connectivity index (χ0) is 13.7. The van der Waals surface area contributed by atoms with Gasteiger partial charge in [-0.25, -0.2) is 0 Å². The lowest BCUT2D eigenvalue weighted by molar-refractivity contribution is -0.134. The first-order valence-electron chi connectivity index (χ1n) is 6.92. The number of phenols is 1. The van der Waals surface area contributed by atoms with Gasteiger partial charge in [0.2, 0.25) is 5.91 Å². The van der Waals surface area contributed by atoms with E-state index in [0.717, 1.165) is 31.5 Å². The Hall–Kier alpha value is -1.55. The first-order chi connectivity index (χ1) is 9.20. The molecule has 1 heterocycles. The average molecular weight is 262 g/mol. The predicted octanol–water partition coefficient (Wildman–Crippen LogP) is 1.54. The van der Waals surface area contributed by atoms with Crippen molar-refractivity contribution in [2.24, 2.45) is 0 Å². The van der Waals surface area contributed by atoms with Gasteiger partial charge in [-0.2, -0.15) is 0 Å². The zero-order valence-corrected chi connectivity index (χ0v) is 11.4. The number of nitrogens with zero attached hydrogens (tertiary/aromatic N) is 1. The van der Waals surface area contributed by atoms with Crippen LogP contribution in [0.2, 0.25) is 0 Å². The molecule has 1 amide bonds. The zero-order valence-electron chi connectivity index (χ0n) is 11.4. The van der Waals surface area contributed by atoms with Crippen LogP contribution in [-0.4, -0.2) is 42.1 Å². The Balaban J connectivity index is 2.01. The Morgan fingerprint density at radius 3 is 3.05 bits per heavy atom. The second-order valence-electron chi connectivity index (χ2n) is 5.14. The van der Waals surface area contributed by atoms with Gasteiger partial charge in [0.25, 0.3) is 0 Å². The third-order valence-corrected chi connectivity index (χ3v) is 3.65. The third kappa shape index (κ3) is 3.70. The van der Waals surface area contributed by atoms with E-state index in [1.807, 2.05) is 18.0 Å². The van der Waals surface area contributed by atoms with E-state index in [-0.39, 0.29) is 11.7 Å². The van der Waals surface area contributed by atoms with E-state index >= 15 is 0 Å². The molecule has 4 nitrogen and oxygen atoms in total. The van der Waals surface area contributed by atoms with Gasteiger partial charge in [-0.15, -0.1) is 0 Å². The van der Waals surface area contributed by atoms with Crippen LogP contribution in [0.15, 0.2) is 24.3 Å². The van der Waals surface area contributed by atoms with Crippen LogP contribution in [0.3, 0.4) is 0 Å². The quantitative estimate of drug-likeness (QED) is 0.865. The molecule has 0 saturated carbocycles. The number of piperidine rings is 1. The van der Waals surface area contributed by atoms with E-state index in [1.54, 1.807) is 18.2 Å². The van der Waals surface area contributed by atoms with Gasteiger partial charge in [-0.05, 0) is 44.0 Å². The summed E-state index contributed by atoms with van der Waals surface area (Å²) in [5.41, 5.74) is 0.874. The Kier molecular flexibility index (Phi) is 4.80. The maximum Gasteiger partial charge on any atom is 0.227 e. The number of aromatic hydroxyl groups is 1. The number of nitrogens with one attached hydrogen (secondary N) is 1. The molecule has 1 aromatic rings. The van der Waals surface area contributed by atoms with Crippen molar-refractivity contribution in [2.45, 2.75) is 31.7 Å². The van der Waals surface area contributed by atoms with Crippen LogP contribution in [-0.2, 0) is 11.2 Å². The molecule has 1 unspecified atom stereocenters. The van der Waals surface area contributed by atoms with Crippen molar-refractivity contribution in [1.82, 2.24) is 10.2 Å². The van der Waals surface area contributed by atoms with E-state index in [0.29, 0.717) is 12.5 Å². The van der Waals surface area contributed by atoms with Gasteiger partial charge in [-0.3, -0.25) is 4.79 Å². The highest BCUT2D eigenvalue weighted by Crippen LogP contribution is 2.19. The SMILES string of the molecule is CNCC1CCCCN1C(=O)Cc1cccc(O)c1. The number of likely N-dealkylation sites (tertiary alicyclic amines) is 1. The Morgan fingerprint density at radius 1 is 1.47 bits per heavy atom. The Bertz CT molecular complexity index is 432. The molecule has 1 aliphatic heterocycles. The van der Waals surface area contributed by atoms with Crippen molar-refractivity contribution < 1.29 is 9.90 Å². The molecule has 104 valence electrons. The summed E-state index contributed by atoms with van der Waals surface area (Å²) in [6, 6.07) is 7.25. The molecular formula is C15H22N2O2. The van der Waals surface area contributed by atoms with Crippen molar-refractivity contribution in [1.29, 1.82) is 0 Å². The molecule has 1 saturated heterocycles. The molecule has 1 fully saturated rings. The van der Waals surface area contributed by atoms with Crippen molar-refractivity contribution in [3.05, 3.63) is 29.8 Å². The van der Waals surface area contributed by atoms with Crippen LogP contribution in [0, 0.1) is 0 Å². The van der Waals surface area contributed by atoms with Crippen molar-refractivity contribution in [3.63, 3.8) is 0 Å². The fourth-order valence-corrected chi connectivity index (χ4v) is 2.72. The molecule has 0 spiro atoms. The molecule has 2 N–H and O–H groups in total. The lowest BCUT2D eigenvalue weighted by Gasteiger charge is -2.36. The van der Waals surface area contributed by atoms with Gasteiger partial charge in [0.15, 0.2) is 0 Å². The van der Waals surface area contributed by atoms with Crippen LogP contribution in [0.1, 0.15) is 24.8 Å². The van der Waals surface area contributed by atoms with Crippen LogP contribution in [0.5, 0.6) is 5.75 Å². The molecule has 0 aliphatic carbocycles. The summed E-state index contributed by atoms with van der Waals surface area (Å²) >= 11 is 0. The molecule has 4 heteroatoms. The molecule has 2 rings (SSSR count). The monoisotopic (exact) mass is 262 g/mol. The summed E-state index contributed by atoms with van der Waals surface area (Å²) in [5, 5.41) is 12.6. The van der Waals surface area contributed by atoms with Gasteiger partial charge in [0, 0.05) is 19.1 Å². The van der Waals surface area contributed by atoms with Crippen molar-refractivity contribution >= 4 is 5.91 Å². The number of phenolic OH excluding ortho intramolecular Hbond substituents is 1. The Morgan fingerprint density at radius 2 is 2.32 bits per heavy atom. The van der Waals surface area contributed by atoms with Gasteiger partial charge in [0.05, 0.1) is 6.42 Å². The van der Waals surface area contributed by atoms with Crippen molar-refractivity contribution in [2.75, 3.05) is 20.1 Å². The highest BCUT2D eigenvalue weighted by Gasteiger charge is 2.25. The fourth-order valence-electron chi connectivity index (χ4n) is 2.72. The highest BCUT2D eigenvalue weighted by atomic mass is 16.3. The lowest BCUT2D eigenvalue weighted by Crippen LogP contribution is -2.48. The number of amides is 1. The third-order valence-electron chi connectivity index (χ3n) is 3.65. The minimum atomic E-state index is 0.158. The summed E-state index contributed by atoms with van der Waals surface area (Å²) in [4.78, 5) is 14.4. The molecule has 0 bridgehead atoms. The summed E-state index contributed by atoms with van der Waals surface area (Å²) in [5.74, 6) is 0.376. The summed E-state index contributed by atoms with van der Waals surface area (Å²) in [6.45, 7) is 1.70. The smallest absolute Gasteiger partial charge is 0.227 e. The molecule has 0 radical (unpaired) electrons. The first kappa shape index (κ1) is 13.9. The number of carbonyl (C=O) groups excluding carboxylic acids is 1. The number of hydrogen-bond donors (Lipinski definition) is 2. The van der Waals surface area contributed by atoms with E-state index in [4.69, 9.17) is 0 Å². The lowest BCUT2D eigenvalue weighted by atomic mass is 10.0. The topological polar surface area (TPSA) is 52.6 Å². The minimum Gasteiger partial charge on any atom is -0.508 e. The molecule has 19 heavy (non-hydrogen) atoms. The molecule has 1 aromatic carbocycles.